The molecule has 0 radical (unpaired) electrons. The molecule has 5 aromatic rings. The number of anilines is 1. The number of benzene rings is 3. The summed E-state index contributed by atoms with van der Waals surface area (Å²) in [5, 5.41) is 26.8. The quantitative estimate of drug-likeness (QED) is 0.0875. The van der Waals surface area contributed by atoms with Crippen LogP contribution in [0.25, 0.3) is 16.3 Å². The van der Waals surface area contributed by atoms with Gasteiger partial charge in [0.25, 0.3) is 17.5 Å². The molecule has 0 spiro atoms. The van der Waals surface area contributed by atoms with E-state index in [-0.39, 0.29) is 23.7 Å². The summed E-state index contributed by atoms with van der Waals surface area (Å²) in [4.78, 5) is 41.2. The summed E-state index contributed by atoms with van der Waals surface area (Å²) in [6.07, 6.45) is 2.77. The lowest BCUT2D eigenvalue weighted by Gasteiger charge is -2.04. The van der Waals surface area contributed by atoms with Crippen molar-refractivity contribution in [2.24, 2.45) is 0 Å². The number of amides is 2. The largest absolute Gasteiger partial charge is 0.467 e. The molecule has 2 aromatic heterocycles. The second-order valence-electron chi connectivity index (χ2n) is 8.50. The van der Waals surface area contributed by atoms with Crippen LogP contribution in [0.15, 0.2) is 104 Å². The van der Waals surface area contributed by atoms with Crippen molar-refractivity contribution in [2.45, 2.75) is 15.8 Å². The van der Waals surface area contributed by atoms with Gasteiger partial charge < -0.3 is 15.1 Å². The number of hydrogen-bond acceptors (Lipinski definition) is 9. The number of thiazole rings is 1. The van der Waals surface area contributed by atoms with Gasteiger partial charge in [-0.2, -0.15) is 5.26 Å². The molecule has 2 N–H and O–H groups in total. The lowest BCUT2D eigenvalue weighted by Crippen LogP contribution is -2.23. The van der Waals surface area contributed by atoms with Crippen LogP contribution in [0, 0.1) is 21.4 Å². The second-order valence-corrected chi connectivity index (χ2v) is 10.8. The first-order valence-corrected chi connectivity index (χ1v) is 13.7. The van der Waals surface area contributed by atoms with Gasteiger partial charge in [-0.3, -0.25) is 19.7 Å². The van der Waals surface area contributed by atoms with Crippen LogP contribution < -0.4 is 10.6 Å². The number of aromatic nitrogens is 1. The number of hydrogen-bond donors (Lipinski definition) is 2. The molecule has 0 aliphatic rings. The fraction of sp³-hybridized carbons (Fsp3) is 0.0345. The number of nitro groups is 1. The molecule has 202 valence electrons. The predicted octanol–water partition coefficient (Wildman–Crippen LogP) is 6.42. The van der Waals surface area contributed by atoms with Crippen LogP contribution >= 0.6 is 23.1 Å². The minimum Gasteiger partial charge on any atom is -0.467 e. The van der Waals surface area contributed by atoms with Gasteiger partial charge in [0, 0.05) is 17.3 Å². The minimum atomic E-state index is -0.626. The van der Waals surface area contributed by atoms with Gasteiger partial charge in [-0.1, -0.05) is 36.0 Å². The molecule has 0 unspecified atom stereocenters. The molecule has 10 nitrogen and oxygen atoms in total. The van der Waals surface area contributed by atoms with Crippen LogP contribution in [0.1, 0.15) is 21.7 Å². The molecular weight excluding hydrogens is 562 g/mol. The maximum absolute atomic E-state index is 12.5. The molecule has 0 bridgehead atoms. The zero-order chi connectivity index (χ0) is 28.8. The van der Waals surface area contributed by atoms with E-state index in [0.29, 0.717) is 37.3 Å². The Hall–Kier alpha value is -5.25. The molecule has 12 heteroatoms. The van der Waals surface area contributed by atoms with Crippen LogP contribution in [0.4, 0.5) is 11.4 Å². The zero-order valence-corrected chi connectivity index (χ0v) is 22.7. The number of nitrogens with zero attached hydrogens (tertiary/aromatic N) is 3. The van der Waals surface area contributed by atoms with Crippen molar-refractivity contribution < 1.29 is 18.9 Å². The van der Waals surface area contributed by atoms with E-state index in [1.165, 1.54) is 29.7 Å². The van der Waals surface area contributed by atoms with Crippen molar-refractivity contribution in [3.05, 3.63) is 118 Å². The highest BCUT2D eigenvalue weighted by Gasteiger charge is 2.19. The Bertz CT molecular complexity index is 1830. The molecule has 2 heterocycles. The number of fused-ring (bicyclic) bond motifs is 1. The highest BCUT2D eigenvalue weighted by Crippen LogP contribution is 2.39. The molecule has 0 aliphatic carbocycles. The second kappa shape index (κ2) is 12.3. The first kappa shape index (κ1) is 27.3. The Morgan fingerprint density at radius 2 is 1.93 bits per heavy atom. The summed E-state index contributed by atoms with van der Waals surface area (Å²) in [7, 11) is 0. The molecule has 0 aliphatic heterocycles. The van der Waals surface area contributed by atoms with E-state index < -0.39 is 10.8 Å². The Morgan fingerprint density at radius 3 is 2.66 bits per heavy atom. The number of nitro benzene ring substituents is 1. The van der Waals surface area contributed by atoms with Gasteiger partial charge in [0.05, 0.1) is 32.8 Å². The number of nitriles is 1. The van der Waals surface area contributed by atoms with Gasteiger partial charge >= 0.3 is 0 Å². The standard InChI is InChI=1S/C29H19N5O5S2/c30-16-20(27(35)31-17-22-7-4-12-39-22)13-18-8-11-25(24(14-18)34(37)38)40-29-33-23-10-9-21(15-26(23)41-29)32-28(36)19-5-2-1-3-6-19/h1-15H,17H2,(H,31,35)(H,32,36)/b20-13+. The third-order valence-electron chi connectivity index (χ3n) is 5.72. The third-order valence-corrected chi connectivity index (χ3v) is 7.86. The van der Waals surface area contributed by atoms with Gasteiger partial charge in [-0.15, -0.1) is 11.3 Å². The van der Waals surface area contributed by atoms with E-state index in [1.54, 1.807) is 66.7 Å². The number of nitrogens with one attached hydrogen (secondary N) is 2. The zero-order valence-electron chi connectivity index (χ0n) is 21.1. The summed E-state index contributed by atoms with van der Waals surface area (Å²) in [6.45, 7) is 0.101. The Kier molecular flexibility index (Phi) is 8.19. The predicted molar refractivity (Wildman–Crippen MR) is 155 cm³/mol. The summed E-state index contributed by atoms with van der Waals surface area (Å²) in [5.74, 6) is -0.335. The average Bonchev–Trinajstić information content (AvgIpc) is 3.65. The van der Waals surface area contributed by atoms with Crippen LogP contribution in [0.3, 0.4) is 0 Å². The lowest BCUT2D eigenvalue weighted by atomic mass is 10.1. The fourth-order valence-electron chi connectivity index (χ4n) is 3.76. The SMILES string of the molecule is N#C/C(=C\c1ccc(Sc2nc3ccc(NC(=O)c4ccccc4)cc3s2)c([N+](=O)[O-])c1)C(=O)NCc1ccco1. The van der Waals surface area contributed by atoms with Gasteiger partial charge in [-0.25, -0.2) is 4.98 Å². The molecule has 0 fully saturated rings. The average molecular weight is 582 g/mol. The maximum Gasteiger partial charge on any atom is 0.283 e. The van der Waals surface area contributed by atoms with Gasteiger partial charge in [0.15, 0.2) is 4.34 Å². The van der Waals surface area contributed by atoms with Crippen LogP contribution in [-0.2, 0) is 11.3 Å². The van der Waals surface area contributed by atoms with Crippen molar-refractivity contribution in [2.75, 3.05) is 5.32 Å². The van der Waals surface area contributed by atoms with Crippen LogP contribution in [0.5, 0.6) is 0 Å². The van der Waals surface area contributed by atoms with Crippen molar-refractivity contribution in [1.29, 1.82) is 5.26 Å². The maximum atomic E-state index is 12.5. The van der Waals surface area contributed by atoms with E-state index in [2.05, 4.69) is 15.6 Å². The topological polar surface area (TPSA) is 151 Å². The van der Waals surface area contributed by atoms with Crippen molar-refractivity contribution in [3.8, 4) is 6.07 Å². The first-order valence-electron chi connectivity index (χ1n) is 12.1. The molecule has 0 saturated heterocycles. The Balaban J connectivity index is 1.33. The van der Waals surface area contributed by atoms with Crippen LogP contribution in [-0.4, -0.2) is 21.7 Å². The highest BCUT2D eigenvalue weighted by molar-refractivity contribution is 8.01. The summed E-state index contributed by atoms with van der Waals surface area (Å²) in [5.41, 5.74) is 1.77. The highest BCUT2D eigenvalue weighted by atomic mass is 32.2. The van der Waals surface area contributed by atoms with Crippen molar-refractivity contribution in [3.63, 3.8) is 0 Å². The van der Waals surface area contributed by atoms with Crippen LogP contribution in [0.2, 0.25) is 0 Å². The van der Waals surface area contributed by atoms with E-state index in [1.807, 2.05) is 12.1 Å². The normalized spacial score (nSPS) is 11.1. The Morgan fingerprint density at radius 1 is 1.10 bits per heavy atom. The van der Waals surface area contributed by atoms with Gasteiger partial charge in [-0.05, 0) is 60.2 Å². The lowest BCUT2D eigenvalue weighted by molar-refractivity contribution is -0.387. The molecule has 5 rings (SSSR count). The van der Waals surface area contributed by atoms with E-state index in [9.17, 15) is 25.0 Å². The summed E-state index contributed by atoms with van der Waals surface area (Å²) in [6, 6.07) is 23.8. The van der Waals surface area contributed by atoms with E-state index >= 15 is 0 Å². The molecule has 3 aromatic carbocycles. The summed E-state index contributed by atoms with van der Waals surface area (Å²) >= 11 is 2.47. The molecule has 0 atom stereocenters. The third kappa shape index (κ3) is 6.67. The fourth-order valence-corrected chi connectivity index (χ4v) is 5.90. The number of carbonyl (C=O) groups excluding carboxylic acids is 2. The van der Waals surface area contributed by atoms with Crippen molar-refractivity contribution in [1.82, 2.24) is 10.3 Å². The van der Waals surface area contributed by atoms with E-state index in [0.717, 1.165) is 16.5 Å². The van der Waals surface area contributed by atoms with Crippen molar-refractivity contribution >= 4 is 62.6 Å². The molecule has 0 saturated carbocycles. The monoisotopic (exact) mass is 581 g/mol. The van der Waals surface area contributed by atoms with Gasteiger partial charge in [0.2, 0.25) is 0 Å². The molecule has 41 heavy (non-hydrogen) atoms. The molecular formula is C29H19N5O5S2. The summed E-state index contributed by atoms with van der Waals surface area (Å²) < 4.78 is 6.54. The van der Waals surface area contributed by atoms with E-state index in [4.69, 9.17) is 4.42 Å². The van der Waals surface area contributed by atoms with Gasteiger partial charge in [0.1, 0.15) is 17.4 Å². The Labute approximate surface area is 241 Å². The number of furan rings is 1. The molecule has 2 amide bonds. The number of rotatable bonds is 9. The number of carbonyl (C=O) groups is 2. The smallest absolute Gasteiger partial charge is 0.283 e. The first-order chi connectivity index (χ1) is 19.9. The minimum absolute atomic E-state index is 0.101.